The minimum Gasteiger partial charge on any atom is -0.497 e. The molecule has 25 heavy (non-hydrogen) atoms. The summed E-state index contributed by atoms with van der Waals surface area (Å²) in [4.78, 5) is 4.64. The van der Waals surface area contributed by atoms with Gasteiger partial charge in [0.2, 0.25) is 5.88 Å². The molecule has 1 atom stereocenters. The number of rotatable bonds is 5. The van der Waals surface area contributed by atoms with Crippen LogP contribution in [0.25, 0.3) is 0 Å². The molecule has 6 heteroatoms. The van der Waals surface area contributed by atoms with Gasteiger partial charge in [0.25, 0.3) is 0 Å². The summed E-state index contributed by atoms with van der Waals surface area (Å²) in [5, 5.41) is 4.52. The average molecular weight is 341 g/mol. The average Bonchev–Trinajstić information content (AvgIpc) is 3.28. The molecule has 6 nitrogen and oxygen atoms in total. The molecule has 2 aromatic rings. The maximum absolute atomic E-state index is 5.56. The van der Waals surface area contributed by atoms with Crippen LogP contribution < -0.4 is 14.5 Å². The standard InChI is InChI=1S/C19H23N3O3/c1-23-16-7-6-15-12-21(11-14-8-9-25-13-14)22(17(15)10-16)18-4-3-5-19(20-18)24-2/h3-7,10,14H,8-9,11-13H2,1-2H3. The van der Waals surface area contributed by atoms with Crippen LogP contribution in [0.5, 0.6) is 11.6 Å². The third-order valence-corrected chi connectivity index (χ3v) is 4.78. The maximum Gasteiger partial charge on any atom is 0.214 e. The second-order valence-corrected chi connectivity index (χ2v) is 6.42. The van der Waals surface area contributed by atoms with Crippen LogP contribution >= 0.6 is 0 Å². The number of pyridine rings is 1. The molecule has 1 aromatic heterocycles. The molecule has 2 aliphatic heterocycles. The first kappa shape index (κ1) is 16.2. The minimum atomic E-state index is 0.546. The van der Waals surface area contributed by atoms with E-state index in [9.17, 15) is 0 Å². The molecule has 0 bridgehead atoms. The summed E-state index contributed by atoms with van der Waals surface area (Å²) < 4.78 is 16.3. The van der Waals surface area contributed by atoms with E-state index in [-0.39, 0.29) is 0 Å². The Morgan fingerprint density at radius 3 is 2.88 bits per heavy atom. The quantitative estimate of drug-likeness (QED) is 0.833. The van der Waals surface area contributed by atoms with Crippen molar-refractivity contribution in [2.75, 3.05) is 39.0 Å². The normalized spacial score (nSPS) is 19.9. The van der Waals surface area contributed by atoms with Crippen molar-refractivity contribution in [3.05, 3.63) is 42.0 Å². The molecule has 1 saturated heterocycles. The van der Waals surface area contributed by atoms with Crippen LogP contribution in [0.15, 0.2) is 36.4 Å². The number of hydrazine groups is 1. The monoisotopic (exact) mass is 341 g/mol. The maximum atomic E-state index is 5.56. The SMILES string of the molecule is COc1ccc2c(c1)N(c1cccc(OC)n1)N(CC1CCOC1)C2. The van der Waals surface area contributed by atoms with Gasteiger partial charge in [-0.3, -0.25) is 5.01 Å². The molecule has 0 aliphatic carbocycles. The molecule has 0 amide bonds. The van der Waals surface area contributed by atoms with Gasteiger partial charge in [-0.05, 0) is 30.0 Å². The summed E-state index contributed by atoms with van der Waals surface area (Å²) in [5.74, 6) is 2.85. The number of fused-ring (bicyclic) bond motifs is 1. The lowest BCUT2D eigenvalue weighted by atomic mass is 10.1. The molecule has 132 valence electrons. The van der Waals surface area contributed by atoms with Crippen LogP contribution in [0, 0.1) is 5.92 Å². The molecule has 1 aromatic carbocycles. The molecule has 4 rings (SSSR count). The van der Waals surface area contributed by atoms with Crippen molar-refractivity contribution in [1.29, 1.82) is 0 Å². The Kier molecular flexibility index (Phi) is 4.46. The van der Waals surface area contributed by atoms with Crippen LogP contribution in [0.4, 0.5) is 11.5 Å². The van der Waals surface area contributed by atoms with E-state index in [2.05, 4.69) is 27.1 Å². The third-order valence-electron chi connectivity index (χ3n) is 4.78. The number of anilines is 2. The lowest BCUT2D eigenvalue weighted by molar-refractivity contribution is 0.168. The van der Waals surface area contributed by atoms with E-state index >= 15 is 0 Å². The van der Waals surface area contributed by atoms with Gasteiger partial charge < -0.3 is 14.2 Å². The third kappa shape index (κ3) is 3.15. The van der Waals surface area contributed by atoms with Crippen molar-refractivity contribution in [3.8, 4) is 11.6 Å². The van der Waals surface area contributed by atoms with Crippen molar-refractivity contribution >= 4 is 11.5 Å². The van der Waals surface area contributed by atoms with Gasteiger partial charge >= 0.3 is 0 Å². The number of nitrogens with zero attached hydrogens (tertiary/aromatic N) is 3. The van der Waals surface area contributed by atoms with Gasteiger partial charge in [0, 0.05) is 31.8 Å². The molecule has 0 radical (unpaired) electrons. The van der Waals surface area contributed by atoms with Gasteiger partial charge in [-0.25, -0.2) is 5.01 Å². The van der Waals surface area contributed by atoms with Gasteiger partial charge in [-0.2, -0.15) is 4.98 Å². The van der Waals surface area contributed by atoms with Crippen molar-refractivity contribution in [1.82, 2.24) is 9.99 Å². The van der Waals surface area contributed by atoms with E-state index in [4.69, 9.17) is 14.2 Å². The summed E-state index contributed by atoms with van der Waals surface area (Å²) >= 11 is 0. The minimum absolute atomic E-state index is 0.546. The van der Waals surface area contributed by atoms with E-state index in [1.165, 1.54) is 5.56 Å². The molecule has 2 aliphatic rings. The number of methoxy groups -OCH3 is 2. The van der Waals surface area contributed by atoms with E-state index < -0.39 is 0 Å². The van der Waals surface area contributed by atoms with Crippen LogP contribution in [-0.2, 0) is 11.3 Å². The van der Waals surface area contributed by atoms with E-state index in [0.717, 1.165) is 50.0 Å². The Hall–Kier alpha value is -2.31. The Labute approximate surface area is 147 Å². The van der Waals surface area contributed by atoms with Crippen LogP contribution in [0.2, 0.25) is 0 Å². The van der Waals surface area contributed by atoms with Crippen molar-refractivity contribution < 1.29 is 14.2 Å². The highest BCUT2D eigenvalue weighted by Crippen LogP contribution is 2.40. The lowest BCUT2D eigenvalue weighted by Crippen LogP contribution is -2.38. The summed E-state index contributed by atoms with van der Waals surface area (Å²) in [5.41, 5.74) is 2.38. The van der Waals surface area contributed by atoms with Crippen LogP contribution in [0.1, 0.15) is 12.0 Å². The number of aromatic nitrogens is 1. The number of ether oxygens (including phenoxy) is 3. The van der Waals surface area contributed by atoms with Crippen molar-refractivity contribution in [2.45, 2.75) is 13.0 Å². The highest BCUT2D eigenvalue weighted by atomic mass is 16.5. The Morgan fingerprint density at radius 1 is 1.20 bits per heavy atom. The zero-order valence-corrected chi connectivity index (χ0v) is 14.6. The first-order chi connectivity index (χ1) is 12.3. The molecule has 0 saturated carbocycles. The fraction of sp³-hybridized carbons (Fsp3) is 0.421. The molecule has 1 unspecified atom stereocenters. The van der Waals surface area contributed by atoms with Crippen LogP contribution in [-0.4, -0.2) is 44.0 Å². The molecular formula is C19H23N3O3. The predicted octanol–water partition coefficient (Wildman–Crippen LogP) is 3.00. The number of benzene rings is 1. The largest absolute Gasteiger partial charge is 0.497 e. The Balaban J connectivity index is 1.71. The van der Waals surface area contributed by atoms with Gasteiger partial charge in [0.1, 0.15) is 5.75 Å². The lowest BCUT2D eigenvalue weighted by Gasteiger charge is -2.31. The van der Waals surface area contributed by atoms with Crippen LogP contribution in [0.3, 0.4) is 0 Å². The zero-order chi connectivity index (χ0) is 17.2. The van der Waals surface area contributed by atoms with E-state index in [0.29, 0.717) is 11.8 Å². The fourth-order valence-corrected chi connectivity index (χ4v) is 3.50. The zero-order valence-electron chi connectivity index (χ0n) is 14.6. The van der Waals surface area contributed by atoms with Gasteiger partial charge in [-0.1, -0.05) is 12.1 Å². The first-order valence-electron chi connectivity index (χ1n) is 8.59. The summed E-state index contributed by atoms with van der Waals surface area (Å²) in [6.45, 7) is 3.48. The summed E-state index contributed by atoms with van der Waals surface area (Å²) in [6.07, 6.45) is 1.11. The van der Waals surface area contributed by atoms with Crippen molar-refractivity contribution in [2.24, 2.45) is 5.92 Å². The summed E-state index contributed by atoms with van der Waals surface area (Å²) in [7, 11) is 3.33. The second kappa shape index (κ2) is 6.90. The number of hydrogen-bond donors (Lipinski definition) is 0. The van der Waals surface area contributed by atoms with E-state index in [1.54, 1.807) is 14.2 Å². The molecule has 3 heterocycles. The fourth-order valence-electron chi connectivity index (χ4n) is 3.50. The first-order valence-corrected chi connectivity index (χ1v) is 8.59. The molecule has 0 N–H and O–H groups in total. The highest BCUT2D eigenvalue weighted by Gasteiger charge is 2.32. The predicted molar refractivity (Wildman–Crippen MR) is 95.3 cm³/mol. The molecule has 1 fully saturated rings. The molecular weight excluding hydrogens is 318 g/mol. The second-order valence-electron chi connectivity index (χ2n) is 6.42. The highest BCUT2D eigenvalue weighted by molar-refractivity contribution is 5.67. The Morgan fingerprint density at radius 2 is 2.12 bits per heavy atom. The van der Waals surface area contributed by atoms with Gasteiger partial charge in [-0.15, -0.1) is 0 Å². The smallest absolute Gasteiger partial charge is 0.214 e. The van der Waals surface area contributed by atoms with Crippen molar-refractivity contribution in [3.63, 3.8) is 0 Å². The number of hydrogen-bond acceptors (Lipinski definition) is 6. The van der Waals surface area contributed by atoms with E-state index in [1.807, 2.05) is 24.3 Å². The molecule has 0 spiro atoms. The van der Waals surface area contributed by atoms with Gasteiger partial charge in [0.05, 0.1) is 26.5 Å². The van der Waals surface area contributed by atoms with Gasteiger partial charge in [0.15, 0.2) is 5.82 Å². The Bertz CT molecular complexity index is 746. The topological polar surface area (TPSA) is 47.1 Å². The summed E-state index contributed by atoms with van der Waals surface area (Å²) in [6, 6.07) is 12.1.